The number of pyridine rings is 1. The molecular formula is C16H23N3O3. The maximum Gasteiger partial charge on any atom is 0.220 e. The smallest absolute Gasteiger partial charge is 0.220 e. The predicted molar refractivity (Wildman–Crippen MR) is 81.4 cm³/mol. The van der Waals surface area contributed by atoms with Gasteiger partial charge in [0.2, 0.25) is 5.91 Å². The largest absolute Gasteiger partial charge is 0.379 e. The maximum absolute atomic E-state index is 12.0. The minimum absolute atomic E-state index is 0.0278. The molecule has 0 unspecified atom stereocenters. The molecule has 0 N–H and O–H groups in total. The summed E-state index contributed by atoms with van der Waals surface area (Å²) in [6.07, 6.45) is 3.56. The van der Waals surface area contributed by atoms with Crippen molar-refractivity contribution in [3.05, 3.63) is 30.1 Å². The van der Waals surface area contributed by atoms with E-state index in [0.717, 1.165) is 38.4 Å². The van der Waals surface area contributed by atoms with Crippen LogP contribution in [-0.4, -0.2) is 72.8 Å². The van der Waals surface area contributed by atoms with Crippen LogP contribution in [0.25, 0.3) is 0 Å². The molecule has 1 amide bonds. The van der Waals surface area contributed by atoms with Crippen LogP contribution in [0.15, 0.2) is 24.5 Å². The first-order valence-corrected chi connectivity index (χ1v) is 7.84. The van der Waals surface area contributed by atoms with Crippen molar-refractivity contribution in [2.45, 2.75) is 19.1 Å². The number of rotatable bonds is 3. The van der Waals surface area contributed by atoms with Crippen molar-refractivity contribution >= 4 is 5.91 Å². The molecule has 6 nitrogen and oxygen atoms in total. The lowest BCUT2D eigenvalue weighted by Gasteiger charge is -2.43. The third-order valence-electron chi connectivity index (χ3n) is 4.32. The summed E-state index contributed by atoms with van der Waals surface area (Å²) in [7, 11) is 0. The fourth-order valence-corrected chi connectivity index (χ4v) is 3.22. The number of carbonyl (C=O) groups is 1. The summed E-state index contributed by atoms with van der Waals surface area (Å²) in [5, 5.41) is 0. The Morgan fingerprint density at radius 1 is 1.32 bits per heavy atom. The minimum Gasteiger partial charge on any atom is -0.379 e. The zero-order chi connectivity index (χ0) is 15.4. The fourth-order valence-electron chi connectivity index (χ4n) is 3.22. The van der Waals surface area contributed by atoms with Gasteiger partial charge in [-0.3, -0.25) is 14.7 Å². The van der Waals surface area contributed by atoms with Crippen LogP contribution in [-0.2, 0) is 14.3 Å². The molecule has 2 aliphatic rings. The molecule has 0 bridgehead atoms. The monoisotopic (exact) mass is 305 g/mol. The second-order valence-electron chi connectivity index (χ2n) is 5.77. The van der Waals surface area contributed by atoms with Gasteiger partial charge < -0.3 is 14.4 Å². The van der Waals surface area contributed by atoms with Crippen LogP contribution in [0, 0.1) is 0 Å². The molecule has 0 radical (unpaired) electrons. The molecule has 120 valence electrons. The Bertz CT molecular complexity index is 491. The van der Waals surface area contributed by atoms with Crippen molar-refractivity contribution in [2.75, 3.05) is 46.0 Å². The van der Waals surface area contributed by atoms with E-state index in [1.54, 1.807) is 13.1 Å². The van der Waals surface area contributed by atoms with E-state index in [-0.39, 0.29) is 18.1 Å². The highest BCUT2D eigenvalue weighted by Crippen LogP contribution is 2.30. The third kappa shape index (κ3) is 3.45. The molecule has 2 fully saturated rings. The van der Waals surface area contributed by atoms with Crippen molar-refractivity contribution in [1.82, 2.24) is 14.8 Å². The zero-order valence-electron chi connectivity index (χ0n) is 13.0. The van der Waals surface area contributed by atoms with E-state index in [1.165, 1.54) is 0 Å². The molecule has 1 aromatic rings. The molecule has 3 rings (SSSR count). The molecule has 6 heteroatoms. The Morgan fingerprint density at radius 2 is 2.14 bits per heavy atom. The topological polar surface area (TPSA) is 54.9 Å². The molecule has 3 heterocycles. The van der Waals surface area contributed by atoms with Crippen LogP contribution in [0.2, 0.25) is 0 Å². The first-order valence-electron chi connectivity index (χ1n) is 7.84. The highest BCUT2D eigenvalue weighted by Gasteiger charge is 2.36. The number of morpholine rings is 2. The van der Waals surface area contributed by atoms with Gasteiger partial charge >= 0.3 is 0 Å². The van der Waals surface area contributed by atoms with E-state index in [0.29, 0.717) is 13.2 Å². The summed E-state index contributed by atoms with van der Waals surface area (Å²) in [5.74, 6) is 0.0872. The summed E-state index contributed by atoms with van der Waals surface area (Å²) < 4.78 is 11.4. The van der Waals surface area contributed by atoms with Gasteiger partial charge in [-0.25, -0.2) is 0 Å². The first-order chi connectivity index (χ1) is 10.8. The number of aromatic nitrogens is 1. The van der Waals surface area contributed by atoms with Gasteiger partial charge in [0.1, 0.15) is 0 Å². The molecule has 0 aliphatic carbocycles. The molecule has 0 saturated carbocycles. The lowest BCUT2D eigenvalue weighted by Crippen LogP contribution is -2.52. The Hall–Kier alpha value is -1.50. The molecule has 22 heavy (non-hydrogen) atoms. The van der Waals surface area contributed by atoms with Gasteiger partial charge in [-0.05, 0) is 11.6 Å². The SMILES string of the molecule is CC(=O)N1CCO[C@@H](CN2CCOCC2)[C@@H]1c1cccnc1. The van der Waals surface area contributed by atoms with Gasteiger partial charge in [-0.1, -0.05) is 6.07 Å². The van der Waals surface area contributed by atoms with E-state index >= 15 is 0 Å². The van der Waals surface area contributed by atoms with Gasteiger partial charge in [-0.2, -0.15) is 0 Å². The number of nitrogens with zero attached hydrogens (tertiary/aromatic N) is 3. The summed E-state index contributed by atoms with van der Waals surface area (Å²) >= 11 is 0. The van der Waals surface area contributed by atoms with E-state index in [9.17, 15) is 4.79 Å². The van der Waals surface area contributed by atoms with Gasteiger partial charge in [-0.15, -0.1) is 0 Å². The van der Waals surface area contributed by atoms with Gasteiger partial charge in [0.25, 0.3) is 0 Å². The predicted octanol–water partition coefficient (Wildman–Crippen LogP) is 0.702. The van der Waals surface area contributed by atoms with Crippen molar-refractivity contribution in [1.29, 1.82) is 0 Å². The summed E-state index contributed by atoms with van der Waals surface area (Å²) in [6.45, 7) is 7.02. The van der Waals surface area contributed by atoms with Gasteiger partial charge in [0.15, 0.2) is 0 Å². The van der Waals surface area contributed by atoms with Crippen LogP contribution in [0.3, 0.4) is 0 Å². The quantitative estimate of drug-likeness (QED) is 0.823. The Kier molecular flexibility index (Phi) is 5.02. The van der Waals surface area contributed by atoms with E-state index in [4.69, 9.17) is 9.47 Å². The second kappa shape index (κ2) is 7.17. The van der Waals surface area contributed by atoms with Crippen LogP contribution in [0.1, 0.15) is 18.5 Å². The number of ether oxygens (including phenoxy) is 2. The number of hydrogen-bond donors (Lipinski definition) is 0. The Labute approximate surface area is 131 Å². The van der Waals surface area contributed by atoms with E-state index in [2.05, 4.69) is 9.88 Å². The first kappa shape index (κ1) is 15.4. The van der Waals surface area contributed by atoms with Crippen molar-refractivity contribution in [3.63, 3.8) is 0 Å². The van der Waals surface area contributed by atoms with Crippen molar-refractivity contribution in [2.24, 2.45) is 0 Å². The average Bonchev–Trinajstić information content (AvgIpc) is 2.56. The normalized spacial score (nSPS) is 26.9. The number of amides is 1. The second-order valence-corrected chi connectivity index (χ2v) is 5.77. The molecule has 0 aromatic carbocycles. The van der Waals surface area contributed by atoms with Gasteiger partial charge in [0.05, 0.1) is 32.0 Å². The molecule has 2 aliphatic heterocycles. The molecule has 1 aromatic heterocycles. The molecule has 0 spiro atoms. The van der Waals surface area contributed by atoms with Crippen LogP contribution in [0.5, 0.6) is 0 Å². The Morgan fingerprint density at radius 3 is 2.82 bits per heavy atom. The number of hydrogen-bond acceptors (Lipinski definition) is 5. The zero-order valence-corrected chi connectivity index (χ0v) is 13.0. The van der Waals surface area contributed by atoms with E-state index < -0.39 is 0 Å². The third-order valence-corrected chi connectivity index (χ3v) is 4.32. The van der Waals surface area contributed by atoms with E-state index in [1.807, 2.05) is 23.2 Å². The average molecular weight is 305 g/mol. The summed E-state index contributed by atoms with van der Waals surface area (Å²) in [5.41, 5.74) is 1.04. The summed E-state index contributed by atoms with van der Waals surface area (Å²) in [6, 6.07) is 3.87. The highest BCUT2D eigenvalue weighted by molar-refractivity contribution is 5.74. The lowest BCUT2D eigenvalue weighted by atomic mass is 9.98. The van der Waals surface area contributed by atoms with Crippen LogP contribution in [0.4, 0.5) is 0 Å². The molecule has 2 atom stereocenters. The maximum atomic E-state index is 12.0. The minimum atomic E-state index is -0.0669. The highest BCUT2D eigenvalue weighted by atomic mass is 16.5. The van der Waals surface area contributed by atoms with Crippen molar-refractivity contribution < 1.29 is 14.3 Å². The van der Waals surface area contributed by atoms with Crippen molar-refractivity contribution in [3.8, 4) is 0 Å². The van der Waals surface area contributed by atoms with Crippen LogP contribution >= 0.6 is 0 Å². The summed E-state index contributed by atoms with van der Waals surface area (Å²) in [4.78, 5) is 20.5. The molecule has 2 saturated heterocycles. The fraction of sp³-hybridized carbons (Fsp3) is 0.625. The van der Waals surface area contributed by atoms with Crippen LogP contribution < -0.4 is 0 Å². The molecular weight excluding hydrogens is 282 g/mol. The standard InChI is InChI=1S/C16H23N3O3/c1-13(20)19-7-10-22-15(12-18-5-8-21-9-6-18)16(19)14-3-2-4-17-11-14/h2-4,11,15-16H,5-10,12H2,1H3/t15-,16-/m0/s1. The lowest BCUT2D eigenvalue weighted by molar-refractivity contribution is -0.147. The Balaban J connectivity index is 1.80. The number of carbonyl (C=O) groups excluding carboxylic acids is 1. The van der Waals surface area contributed by atoms with Gasteiger partial charge in [0, 0.05) is 45.5 Å².